The fourth-order valence-corrected chi connectivity index (χ4v) is 2.81. The van der Waals surface area contributed by atoms with Gasteiger partial charge in [0.25, 0.3) is 0 Å². The highest BCUT2D eigenvalue weighted by molar-refractivity contribution is 5.87. The predicted octanol–water partition coefficient (Wildman–Crippen LogP) is 2.26. The Morgan fingerprint density at radius 3 is 2.70 bits per heavy atom. The van der Waals surface area contributed by atoms with Crippen LogP contribution in [0.1, 0.15) is 37.2 Å². The molecule has 1 amide bonds. The summed E-state index contributed by atoms with van der Waals surface area (Å²) in [6, 6.07) is 9.83. The number of carbonyl (C=O) groups excluding carboxylic acids is 1. The number of hydrogen-bond donors (Lipinski definition) is 0. The molecule has 0 bridgehead atoms. The highest BCUT2D eigenvalue weighted by Crippen LogP contribution is 2.28. The fraction of sp³-hybridized carbons (Fsp3) is 0.471. The Hall–Kier alpha value is -2.21. The minimum absolute atomic E-state index is 0.0808. The zero-order chi connectivity index (χ0) is 16.4. The molecule has 1 aromatic heterocycles. The molecule has 2 heterocycles. The van der Waals surface area contributed by atoms with Gasteiger partial charge in [-0.25, -0.2) is 0 Å². The summed E-state index contributed by atoms with van der Waals surface area (Å²) < 4.78 is 10.7. The fourth-order valence-electron chi connectivity index (χ4n) is 2.81. The Labute approximate surface area is 135 Å². The number of carbonyl (C=O) groups is 1. The molecule has 1 aromatic carbocycles. The van der Waals surface area contributed by atoms with Gasteiger partial charge in [0.1, 0.15) is 6.10 Å². The van der Waals surface area contributed by atoms with Crippen LogP contribution in [0.3, 0.4) is 0 Å². The highest BCUT2D eigenvalue weighted by atomic mass is 16.5. The summed E-state index contributed by atoms with van der Waals surface area (Å²) in [5.74, 6) is 1.08. The number of benzene rings is 1. The monoisotopic (exact) mass is 315 g/mol. The number of aryl methyl sites for hydroxylation is 1. The quantitative estimate of drug-likeness (QED) is 0.869. The first-order valence-corrected chi connectivity index (χ1v) is 7.75. The summed E-state index contributed by atoms with van der Waals surface area (Å²) in [7, 11) is 0. The zero-order valence-electron chi connectivity index (χ0n) is 13.7. The molecule has 1 atom stereocenters. The van der Waals surface area contributed by atoms with Gasteiger partial charge >= 0.3 is 0 Å². The normalized spacial score (nSPS) is 18.9. The summed E-state index contributed by atoms with van der Waals surface area (Å²) in [5.41, 5.74) is 0.416. The van der Waals surface area contributed by atoms with Crippen molar-refractivity contribution >= 4 is 5.91 Å². The lowest BCUT2D eigenvalue weighted by molar-refractivity contribution is -0.144. The van der Waals surface area contributed by atoms with Crippen molar-refractivity contribution in [2.24, 2.45) is 0 Å². The predicted molar refractivity (Wildman–Crippen MR) is 83.8 cm³/mol. The number of aromatic nitrogens is 2. The van der Waals surface area contributed by atoms with Crippen LogP contribution >= 0.6 is 0 Å². The van der Waals surface area contributed by atoms with Crippen LogP contribution in [0.2, 0.25) is 0 Å². The average molecular weight is 315 g/mol. The van der Waals surface area contributed by atoms with Gasteiger partial charge < -0.3 is 14.2 Å². The van der Waals surface area contributed by atoms with E-state index in [1.54, 1.807) is 6.92 Å². The first kappa shape index (κ1) is 15.7. The van der Waals surface area contributed by atoms with Gasteiger partial charge in [-0.15, -0.1) is 0 Å². The zero-order valence-corrected chi connectivity index (χ0v) is 13.7. The van der Waals surface area contributed by atoms with Crippen LogP contribution in [0.5, 0.6) is 0 Å². The second-order valence-electron chi connectivity index (χ2n) is 6.27. The third-order valence-corrected chi connectivity index (χ3v) is 4.22. The maximum atomic E-state index is 13.0. The standard InChI is InChI=1S/C17H21N3O3/c1-12-18-15(19-23-12)14-11-20(9-10-22-14)16(21)17(2,3)13-7-5-4-6-8-13/h4-8,14H,9-11H2,1-3H3/t14-/m1/s1. The molecule has 1 saturated heterocycles. The van der Waals surface area contributed by atoms with E-state index in [1.807, 2.05) is 49.1 Å². The van der Waals surface area contributed by atoms with Crippen LogP contribution in [0.4, 0.5) is 0 Å². The molecule has 0 radical (unpaired) electrons. The van der Waals surface area contributed by atoms with Crippen molar-refractivity contribution in [2.75, 3.05) is 19.7 Å². The van der Waals surface area contributed by atoms with Crippen molar-refractivity contribution in [1.82, 2.24) is 15.0 Å². The Kier molecular flexibility index (Phi) is 4.17. The number of hydrogen-bond acceptors (Lipinski definition) is 5. The molecule has 122 valence electrons. The third kappa shape index (κ3) is 3.12. The van der Waals surface area contributed by atoms with Crippen molar-refractivity contribution in [3.05, 3.63) is 47.6 Å². The Morgan fingerprint density at radius 1 is 1.30 bits per heavy atom. The number of amides is 1. The largest absolute Gasteiger partial charge is 0.366 e. The van der Waals surface area contributed by atoms with Gasteiger partial charge in [-0.1, -0.05) is 35.5 Å². The van der Waals surface area contributed by atoms with Crippen molar-refractivity contribution in [1.29, 1.82) is 0 Å². The molecule has 2 aromatic rings. The van der Waals surface area contributed by atoms with Gasteiger partial charge in [0.05, 0.1) is 18.6 Å². The van der Waals surface area contributed by atoms with Crippen LogP contribution in [-0.2, 0) is 14.9 Å². The number of morpholine rings is 1. The van der Waals surface area contributed by atoms with E-state index in [-0.39, 0.29) is 12.0 Å². The molecular formula is C17H21N3O3. The minimum atomic E-state index is -0.587. The van der Waals surface area contributed by atoms with Crippen LogP contribution < -0.4 is 0 Å². The van der Waals surface area contributed by atoms with E-state index in [1.165, 1.54) is 0 Å². The smallest absolute Gasteiger partial charge is 0.232 e. The second kappa shape index (κ2) is 6.12. The van der Waals surface area contributed by atoms with E-state index in [4.69, 9.17) is 9.26 Å². The van der Waals surface area contributed by atoms with Crippen LogP contribution in [-0.4, -0.2) is 40.6 Å². The molecule has 3 rings (SSSR count). The molecule has 0 unspecified atom stereocenters. The molecule has 0 aliphatic carbocycles. The first-order chi connectivity index (χ1) is 11.0. The van der Waals surface area contributed by atoms with E-state index in [2.05, 4.69) is 10.1 Å². The van der Waals surface area contributed by atoms with Gasteiger partial charge in [0.15, 0.2) is 0 Å². The molecule has 0 saturated carbocycles. The second-order valence-corrected chi connectivity index (χ2v) is 6.27. The van der Waals surface area contributed by atoms with Crippen LogP contribution in [0, 0.1) is 6.92 Å². The van der Waals surface area contributed by atoms with Crippen LogP contribution in [0.25, 0.3) is 0 Å². The van der Waals surface area contributed by atoms with Gasteiger partial charge in [-0.3, -0.25) is 4.79 Å². The number of nitrogens with zero attached hydrogens (tertiary/aromatic N) is 3. The molecule has 0 N–H and O–H groups in total. The first-order valence-electron chi connectivity index (χ1n) is 7.75. The van der Waals surface area contributed by atoms with E-state index < -0.39 is 5.41 Å². The third-order valence-electron chi connectivity index (χ3n) is 4.22. The highest BCUT2D eigenvalue weighted by Gasteiger charge is 2.37. The Bertz CT molecular complexity index is 681. The molecule has 1 aliphatic heterocycles. The molecule has 0 spiro atoms. The molecule has 23 heavy (non-hydrogen) atoms. The summed E-state index contributed by atoms with van der Waals surface area (Å²) in [4.78, 5) is 19.0. The topological polar surface area (TPSA) is 68.5 Å². The Morgan fingerprint density at radius 2 is 2.04 bits per heavy atom. The molecule has 1 aliphatic rings. The molecule has 1 fully saturated rings. The molecule has 6 nitrogen and oxygen atoms in total. The van der Waals surface area contributed by atoms with E-state index in [9.17, 15) is 4.79 Å². The molecular weight excluding hydrogens is 294 g/mol. The van der Waals surface area contributed by atoms with Crippen LogP contribution in [0.15, 0.2) is 34.9 Å². The lowest BCUT2D eigenvalue weighted by Gasteiger charge is -2.37. The summed E-state index contributed by atoms with van der Waals surface area (Å²) in [6.45, 7) is 7.12. The Balaban J connectivity index is 1.77. The van der Waals surface area contributed by atoms with Crippen molar-refractivity contribution in [3.8, 4) is 0 Å². The van der Waals surface area contributed by atoms with Gasteiger partial charge in [-0.05, 0) is 19.4 Å². The summed E-state index contributed by atoms with van der Waals surface area (Å²) in [5, 5.41) is 3.90. The maximum Gasteiger partial charge on any atom is 0.232 e. The SMILES string of the molecule is Cc1nc([C@H]2CN(C(=O)C(C)(C)c3ccccc3)CCO2)no1. The van der Waals surface area contributed by atoms with Gasteiger partial charge in [0, 0.05) is 13.5 Å². The van der Waals surface area contributed by atoms with Crippen molar-refractivity contribution in [2.45, 2.75) is 32.3 Å². The minimum Gasteiger partial charge on any atom is -0.366 e. The van der Waals surface area contributed by atoms with Gasteiger partial charge in [-0.2, -0.15) is 4.98 Å². The summed E-state index contributed by atoms with van der Waals surface area (Å²) in [6.07, 6.45) is -0.336. The summed E-state index contributed by atoms with van der Waals surface area (Å²) >= 11 is 0. The average Bonchev–Trinajstić information content (AvgIpc) is 3.01. The lowest BCUT2D eigenvalue weighted by atomic mass is 9.83. The van der Waals surface area contributed by atoms with E-state index >= 15 is 0 Å². The van der Waals surface area contributed by atoms with Crippen molar-refractivity contribution in [3.63, 3.8) is 0 Å². The van der Waals surface area contributed by atoms with E-state index in [0.29, 0.717) is 31.4 Å². The van der Waals surface area contributed by atoms with E-state index in [0.717, 1.165) is 5.56 Å². The number of ether oxygens (including phenoxy) is 1. The maximum absolute atomic E-state index is 13.0. The van der Waals surface area contributed by atoms with Gasteiger partial charge in [0.2, 0.25) is 17.6 Å². The molecule has 6 heteroatoms. The van der Waals surface area contributed by atoms with Crippen molar-refractivity contribution < 1.29 is 14.1 Å². The number of rotatable bonds is 3. The lowest BCUT2D eigenvalue weighted by Crippen LogP contribution is -2.49.